The van der Waals surface area contributed by atoms with E-state index in [9.17, 15) is 0 Å². The third-order valence-electron chi connectivity index (χ3n) is 2.47. The van der Waals surface area contributed by atoms with Gasteiger partial charge in [0, 0.05) is 23.2 Å². The Bertz CT molecular complexity index is 391. The Morgan fingerprint density at radius 1 is 1.53 bits per heavy atom. The number of nitrogens with one attached hydrogen (secondary N) is 1. The molecule has 1 unspecified atom stereocenters. The fourth-order valence-electron chi connectivity index (χ4n) is 1.63. The number of benzene rings is 1. The smallest absolute Gasteiger partial charge is 0.101 e. The summed E-state index contributed by atoms with van der Waals surface area (Å²) in [4.78, 5) is 0. The molecular formula is C11H13N3S. The van der Waals surface area contributed by atoms with Crippen LogP contribution in [-0.4, -0.2) is 17.5 Å². The van der Waals surface area contributed by atoms with E-state index < -0.39 is 0 Å². The van der Waals surface area contributed by atoms with Crippen LogP contribution in [0, 0.1) is 11.3 Å². The third-order valence-corrected chi connectivity index (χ3v) is 3.64. The minimum atomic E-state index is 0.533. The van der Waals surface area contributed by atoms with Crippen LogP contribution in [0.25, 0.3) is 0 Å². The zero-order valence-electron chi connectivity index (χ0n) is 8.36. The lowest BCUT2D eigenvalue weighted by molar-refractivity contribution is 0.813. The Morgan fingerprint density at radius 3 is 3.07 bits per heavy atom. The van der Waals surface area contributed by atoms with Gasteiger partial charge in [-0.05, 0) is 30.4 Å². The first-order valence-corrected chi connectivity index (χ1v) is 6.09. The van der Waals surface area contributed by atoms with E-state index in [0.29, 0.717) is 17.3 Å². The first-order chi connectivity index (χ1) is 7.29. The zero-order chi connectivity index (χ0) is 10.7. The van der Waals surface area contributed by atoms with Gasteiger partial charge in [-0.1, -0.05) is 0 Å². The van der Waals surface area contributed by atoms with Gasteiger partial charge in [0.15, 0.2) is 0 Å². The monoisotopic (exact) mass is 219 g/mol. The Labute approximate surface area is 93.7 Å². The molecule has 1 fully saturated rings. The summed E-state index contributed by atoms with van der Waals surface area (Å²) in [6, 6.07) is 8.15. The van der Waals surface area contributed by atoms with Gasteiger partial charge in [0.2, 0.25) is 0 Å². The van der Waals surface area contributed by atoms with E-state index in [0.717, 1.165) is 11.4 Å². The van der Waals surface area contributed by atoms with Crippen LogP contribution in [0.3, 0.4) is 0 Å². The second-order valence-corrected chi connectivity index (χ2v) is 4.77. The average Bonchev–Trinajstić information content (AvgIpc) is 2.73. The van der Waals surface area contributed by atoms with E-state index in [1.165, 1.54) is 12.2 Å². The number of anilines is 2. The maximum atomic E-state index is 8.84. The molecule has 1 aromatic rings. The van der Waals surface area contributed by atoms with Crippen molar-refractivity contribution in [2.24, 2.45) is 0 Å². The average molecular weight is 219 g/mol. The van der Waals surface area contributed by atoms with Gasteiger partial charge in [0.1, 0.15) is 6.07 Å². The molecule has 1 aliphatic rings. The molecule has 0 aromatic heterocycles. The van der Waals surface area contributed by atoms with E-state index in [2.05, 4.69) is 11.4 Å². The standard InChI is InChI=1S/C11H13N3S/c12-6-8-5-9(1-2-11(8)13)14-10-3-4-15-7-10/h1-2,5,10,14H,3-4,7,13H2. The number of nitrogens with two attached hydrogens (primary N) is 1. The highest BCUT2D eigenvalue weighted by Crippen LogP contribution is 2.23. The Morgan fingerprint density at radius 2 is 2.40 bits per heavy atom. The Kier molecular flexibility index (Phi) is 3.02. The highest BCUT2D eigenvalue weighted by molar-refractivity contribution is 7.99. The molecule has 1 saturated heterocycles. The molecule has 0 radical (unpaired) electrons. The fourth-order valence-corrected chi connectivity index (χ4v) is 2.78. The summed E-state index contributed by atoms with van der Waals surface area (Å²) in [5.41, 5.74) is 7.74. The molecule has 15 heavy (non-hydrogen) atoms. The van der Waals surface area contributed by atoms with Gasteiger partial charge in [-0.2, -0.15) is 17.0 Å². The summed E-state index contributed by atoms with van der Waals surface area (Å²) in [6.07, 6.45) is 1.19. The van der Waals surface area contributed by atoms with Crippen molar-refractivity contribution in [2.45, 2.75) is 12.5 Å². The maximum Gasteiger partial charge on any atom is 0.101 e. The van der Waals surface area contributed by atoms with E-state index in [1.54, 1.807) is 6.07 Å². The van der Waals surface area contributed by atoms with Crippen molar-refractivity contribution in [3.63, 3.8) is 0 Å². The predicted octanol–water partition coefficient (Wildman–Crippen LogP) is 2.06. The van der Waals surface area contributed by atoms with Crippen LogP contribution in [-0.2, 0) is 0 Å². The molecule has 3 N–H and O–H groups in total. The molecule has 0 aliphatic carbocycles. The molecule has 1 heterocycles. The SMILES string of the molecule is N#Cc1cc(NC2CCSC2)ccc1N. The lowest BCUT2D eigenvalue weighted by atomic mass is 10.1. The Balaban J connectivity index is 2.11. The molecular weight excluding hydrogens is 206 g/mol. The number of hydrogen-bond acceptors (Lipinski definition) is 4. The number of thioether (sulfide) groups is 1. The second-order valence-electron chi connectivity index (χ2n) is 3.62. The van der Waals surface area contributed by atoms with E-state index in [4.69, 9.17) is 11.0 Å². The Hall–Kier alpha value is -1.34. The van der Waals surface area contributed by atoms with Crippen molar-refractivity contribution >= 4 is 23.1 Å². The van der Waals surface area contributed by atoms with Crippen molar-refractivity contribution in [1.29, 1.82) is 5.26 Å². The normalized spacial score (nSPS) is 19.8. The number of nitrogen functional groups attached to an aromatic ring is 1. The molecule has 0 bridgehead atoms. The predicted molar refractivity (Wildman–Crippen MR) is 64.9 cm³/mol. The molecule has 0 saturated carbocycles. The van der Waals surface area contributed by atoms with Crippen LogP contribution in [0.15, 0.2) is 18.2 Å². The first-order valence-electron chi connectivity index (χ1n) is 4.93. The quantitative estimate of drug-likeness (QED) is 0.747. The summed E-state index contributed by atoms with van der Waals surface area (Å²) in [6.45, 7) is 0. The number of rotatable bonds is 2. The van der Waals surface area contributed by atoms with E-state index in [1.807, 2.05) is 23.9 Å². The number of hydrogen-bond donors (Lipinski definition) is 2. The molecule has 4 heteroatoms. The molecule has 1 atom stereocenters. The van der Waals surface area contributed by atoms with Gasteiger partial charge >= 0.3 is 0 Å². The molecule has 78 valence electrons. The molecule has 0 amide bonds. The molecule has 2 rings (SSSR count). The van der Waals surface area contributed by atoms with Crippen molar-refractivity contribution in [2.75, 3.05) is 22.6 Å². The summed E-state index contributed by atoms with van der Waals surface area (Å²) in [7, 11) is 0. The van der Waals surface area contributed by atoms with Crippen molar-refractivity contribution in [3.8, 4) is 6.07 Å². The number of nitrogens with zero attached hydrogens (tertiary/aromatic N) is 1. The molecule has 0 spiro atoms. The lowest BCUT2D eigenvalue weighted by Crippen LogP contribution is -2.18. The van der Waals surface area contributed by atoms with Crippen LogP contribution in [0.2, 0.25) is 0 Å². The minimum Gasteiger partial charge on any atom is -0.398 e. The lowest BCUT2D eigenvalue weighted by Gasteiger charge is -2.13. The summed E-state index contributed by atoms with van der Waals surface area (Å²) in [5, 5.41) is 12.3. The van der Waals surface area contributed by atoms with Crippen LogP contribution in [0.4, 0.5) is 11.4 Å². The molecule has 3 nitrogen and oxygen atoms in total. The third kappa shape index (κ3) is 2.37. The van der Waals surface area contributed by atoms with Gasteiger partial charge in [0.25, 0.3) is 0 Å². The van der Waals surface area contributed by atoms with E-state index in [-0.39, 0.29) is 0 Å². The van der Waals surface area contributed by atoms with Crippen LogP contribution < -0.4 is 11.1 Å². The maximum absolute atomic E-state index is 8.84. The summed E-state index contributed by atoms with van der Waals surface area (Å²) >= 11 is 1.96. The molecule has 1 aromatic carbocycles. The van der Waals surface area contributed by atoms with Gasteiger partial charge in [0.05, 0.1) is 5.56 Å². The van der Waals surface area contributed by atoms with Crippen molar-refractivity contribution in [3.05, 3.63) is 23.8 Å². The highest BCUT2D eigenvalue weighted by Gasteiger charge is 2.15. The summed E-state index contributed by atoms with van der Waals surface area (Å²) in [5.74, 6) is 2.37. The zero-order valence-corrected chi connectivity index (χ0v) is 9.18. The van der Waals surface area contributed by atoms with E-state index >= 15 is 0 Å². The van der Waals surface area contributed by atoms with Crippen molar-refractivity contribution < 1.29 is 0 Å². The van der Waals surface area contributed by atoms with Crippen LogP contribution >= 0.6 is 11.8 Å². The van der Waals surface area contributed by atoms with Gasteiger partial charge < -0.3 is 11.1 Å². The van der Waals surface area contributed by atoms with Gasteiger partial charge in [-0.15, -0.1) is 0 Å². The van der Waals surface area contributed by atoms with Crippen LogP contribution in [0.5, 0.6) is 0 Å². The van der Waals surface area contributed by atoms with Crippen molar-refractivity contribution in [1.82, 2.24) is 0 Å². The minimum absolute atomic E-state index is 0.533. The molecule has 1 aliphatic heterocycles. The topological polar surface area (TPSA) is 61.8 Å². The van der Waals surface area contributed by atoms with Crippen LogP contribution in [0.1, 0.15) is 12.0 Å². The highest BCUT2D eigenvalue weighted by atomic mass is 32.2. The van der Waals surface area contributed by atoms with Gasteiger partial charge in [-0.3, -0.25) is 0 Å². The summed E-state index contributed by atoms with van der Waals surface area (Å²) < 4.78 is 0. The largest absolute Gasteiger partial charge is 0.398 e. The number of nitriles is 1. The fraction of sp³-hybridized carbons (Fsp3) is 0.364. The second kappa shape index (κ2) is 4.45. The van der Waals surface area contributed by atoms with Gasteiger partial charge in [-0.25, -0.2) is 0 Å². The first kappa shape index (κ1) is 10.2.